The zero-order chi connectivity index (χ0) is 22.4. The number of sulfonamides is 1. The monoisotopic (exact) mass is 436 g/mol. The van der Waals surface area contributed by atoms with E-state index in [0.29, 0.717) is 5.69 Å². The van der Waals surface area contributed by atoms with Gasteiger partial charge in [-0.15, -0.1) is 0 Å². The number of aryl methyl sites for hydroxylation is 2. The van der Waals surface area contributed by atoms with Crippen molar-refractivity contribution in [2.45, 2.75) is 38.1 Å². The first kappa shape index (κ1) is 22.6. The lowest BCUT2D eigenvalue weighted by Gasteiger charge is -2.25. The van der Waals surface area contributed by atoms with E-state index in [1.165, 1.54) is 4.31 Å². The van der Waals surface area contributed by atoms with E-state index in [1.807, 2.05) is 63.2 Å². The lowest BCUT2D eigenvalue weighted by molar-refractivity contribution is -0.120. The van der Waals surface area contributed by atoms with E-state index in [0.717, 1.165) is 23.1 Å². The molecule has 1 N–H and O–H groups in total. The van der Waals surface area contributed by atoms with Gasteiger partial charge in [-0.3, -0.25) is 9.10 Å². The molecule has 0 aliphatic rings. The second-order valence-electron chi connectivity index (χ2n) is 7.54. The molecule has 0 spiro atoms. The van der Waals surface area contributed by atoms with E-state index in [-0.39, 0.29) is 23.4 Å². The molecule has 31 heavy (non-hydrogen) atoms. The molecule has 0 saturated heterocycles. The predicted octanol–water partition coefficient (Wildman–Crippen LogP) is 4.63. The van der Waals surface area contributed by atoms with Gasteiger partial charge in [0, 0.05) is 0 Å². The van der Waals surface area contributed by atoms with Gasteiger partial charge in [0.1, 0.15) is 6.54 Å². The van der Waals surface area contributed by atoms with Crippen molar-refractivity contribution < 1.29 is 13.2 Å². The van der Waals surface area contributed by atoms with Crippen LogP contribution in [0, 0.1) is 6.92 Å². The van der Waals surface area contributed by atoms with Crippen LogP contribution in [0.3, 0.4) is 0 Å². The van der Waals surface area contributed by atoms with Crippen molar-refractivity contribution in [3.63, 3.8) is 0 Å². The first-order valence-corrected chi connectivity index (χ1v) is 11.8. The number of carbonyl (C=O) groups is 1. The fourth-order valence-electron chi connectivity index (χ4n) is 3.29. The molecule has 0 aromatic heterocycles. The van der Waals surface area contributed by atoms with E-state index < -0.39 is 10.0 Å². The lowest BCUT2D eigenvalue weighted by Crippen LogP contribution is -2.41. The van der Waals surface area contributed by atoms with Gasteiger partial charge in [0.2, 0.25) is 5.91 Å². The topological polar surface area (TPSA) is 66.5 Å². The normalized spacial score (nSPS) is 12.2. The van der Waals surface area contributed by atoms with Gasteiger partial charge < -0.3 is 5.32 Å². The molecule has 0 saturated carbocycles. The molecule has 5 nitrogen and oxygen atoms in total. The Bertz CT molecular complexity index is 1110. The third kappa shape index (κ3) is 5.52. The first-order chi connectivity index (χ1) is 14.8. The predicted molar refractivity (Wildman–Crippen MR) is 125 cm³/mol. The maximum atomic E-state index is 13.4. The standard InChI is InChI=1S/C25H28N2O3S/c1-4-21-12-14-23(15-13-21)27(31(29,30)24-16-10-19(2)11-17-24)18-25(28)26-20(3)22-8-6-5-7-9-22/h5-17,20H,4,18H2,1-3H3,(H,26,28). The van der Waals surface area contributed by atoms with Crippen molar-refractivity contribution in [2.24, 2.45) is 0 Å². The smallest absolute Gasteiger partial charge is 0.264 e. The molecule has 3 aromatic rings. The number of nitrogens with one attached hydrogen (secondary N) is 1. The molecule has 0 radical (unpaired) electrons. The Balaban J connectivity index is 1.90. The third-order valence-electron chi connectivity index (χ3n) is 5.21. The van der Waals surface area contributed by atoms with Gasteiger partial charge in [-0.2, -0.15) is 0 Å². The van der Waals surface area contributed by atoms with Crippen LogP contribution in [0.5, 0.6) is 0 Å². The molecule has 1 atom stereocenters. The molecule has 162 valence electrons. The molecular formula is C25H28N2O3S. The summed E-state index contributed by atoms with van der Waals surface area (Å²) in [6.45, 7) is 5.51. The van der Waals surface area contributed by atoms with Gasteiger partial charge >= 0.3 is 0 Å². The number of nitrogens with zero attached hydrogens (tertiary/aromatic N) is 1. The summed E-state index contributed by atoms with van der Waals surface area (Å²) in [6.07, 6.45) is 0.847. The van der Waals surface area contributed by atoms with Gasteiger partial charge in [0.05, 0.1) is 16.6 Å². The van der Waals surface area contributed by atoms with Crippen molar-refractivity contribution in [3.05, 3.63) is 95.6 Å². The summed E-state index contributed by atoms with van der Waals surface area (Å²) < 4.78 is 28.0. The Hall–Kier alpha value is -3.12. The van der Waals surface area contributed by atoms with Gasteiger partial charge in [-0.25, -0.2) is 8.42 Å². The minimum atomic E-state index is -3.91. The Kier molecular flexibility index (Phi) is 7.13. The highest BCUT2D eigenvalue weighted by molar-refractivity contribution is 7.92. The van der Waals surface area contributed by atoms with Gasteiger partial charge in [0.15, 0.2) is 0 Å². The minimum Gasteiger partial charge on any atom is -0.348 e. The summed E-state index contributed by atoms with van der Waals surface area (Å²) in [7, 11) is -3.91. The second-order valence-corrected chi connectivity index (χ2v) is 9.41. The van der Waals surface area contributed by atoms with Crippen LogP contribution in [0.15, 0.2) is 83.8 Å². The summed E-state index contributed by atoms with van der Waals surface area (Å²) >= 11 is 0. The van der Waals surface area contributed by atoms with Gasteiger partial charge in [-0.05, 0) is 55.7 Å². The Morgan fingerprint density at radius 2 is 1.55 bits per heavy atom. The number of hydrogen-bond donors (Lipinski definition) is 1. The zero-order valence-electron chi connectivity index (χ0n) is 18.1. The van der Waals surface area contributed by atoms with Crippen LogP contribution in [0.4, 0.5) is 5.69 Å². The number of rotatable bonds is 8. The highest BCUT2D eigenvalue weighted by Gasteiger charge is 2.27. The second kappa shape index (κ2) is 9.79. The third-order valence-corrected chi connectivity index (χ3v) is 6.99. The molecule has 6 heteroatoms. The van der Waals surface area contributed by atoms with E-state index in [2.05, 4.69) is 5.32 Å². The Morgan fingerprint density at radius 1 is 0.935 bits per heavy atom. The Morgan fingerprint density at radius 3 is 2.13 bits per heavy atom. The molecule has 1 unspecified atom stereocenters. The number of anilines is 1. The number of carbonyl (C=O) groups excluding carboxylic acids is 1. The van der Waals surface area contributed by atoms with Crippen molar-refractivity contribution >= 4 is 21.6 Å². The molecule has 3 aromatic carbocycles. The van der Waals surface area contributed by atoms with Crippen LogP contribution in [0.25, 0.3) is 0 Å². The van der Waals surface area contributed by atoms with Crippen molar-refractivity contribution in [1.29, 1.82) is 0 Å². The molecule has 3 rings (SSSR count). The summed E-state index contributed by atoms with van der Waals surface area (Å²) in [5.41, 5.74) is 3.47. The summed E-state index contributed by atoms with van der Waals surface area (Å²) in [4.78, 5) is 13.0. The number of amides is 1. The SMILES string of the molecule is CCc1ccc(N(CC(=O)NC(C)c2ccccc2)S(=O)(=O)c2ccc(C)cc2)cc1. The zero-order valence-corrected chi connectivity index (χ0v) is 18.9. The number of hydrogen-bond acceptors (Lipinski definition) is 3. The van der Waals surface area contributed by atoms with E-state index in [4.69, 9.17) is 0 Å². The van der Waals surface area contributed by atoms with Crippen LogP contribution >= 0.6 is 0 Å². The highest BCUT2D eigenvalue weighted by Crippen LogP contribution is 2.25. The molecule has 1 amide bonds. The van der Waals surface area contributed by atoms with Crippen LogP contribution in [0.2, 0.25) is 0 Å². The molecular weight excluding hydrogens is 408 g/mol. The maximum absolute atomic E-state index is 13.4. The van der Waals surface area contributed by atoms with Crippen molar-refractivity contribution in [1.82, 2.24) is 5.32 Å². The average molecular weight is 437 g/mol. The fourth-order valence-corrected chi connectivity index (χ4v) is 4.71. The average Bonchev–Trinajstić information content (AvgIpc) is 2.78. The fraction of sp³-hybridized carbons (Fsp3) is 0.240. The van der Waals surface area contributed by atoms with Gasteiger partial charge in [-0.1, -0.05) is 67.1 Å². The first-order valence-electron chi connectivity index (χ1n) is 10.3. The van der Waals surface area contributed by atoms with Crippen LogP contribution in [-0.2, 0) is 21.2 Å². The molecule has 0 fully saturated rings. The van der Waals surface area contributed by atoms with Crippen LogP contribution < -0.4 is 9.62 Å². The van der Waals surface area contributed by atoms with E-state index >= 15 is 0 Å². The molecule has 0 aliphatic heterocycles. The van der Waals surface area contributed by atoms with E-state index in [9.17, 15) is 13.2 Å². The lowest BCUT2D eigenvalue weighted by atomic mass is 10.1. The van der Waals surface area contributed by atoms with E-state index in [1.54, 1.807) is 36.4 Å². The van der Waals surface area contributed by atoms with Crippen LogP contribution in [0.1, 0.15) is 36.6 Å². The molecule has 0 aliphatic carbocycles. The quantitative estimate of drug-likeness (QED) is 0.560. The van der Waals surface area contributed by atoms with Crippen molar-refractivity contribution in [2.75, 3.05) is 10.8 Å². The van der Waals surface area contributed by atoms with Crippen LogP contribution in [-0.4, -0.2) is 20.9 Å². The molecule has 0 bridgehead atoms. The number of benzene rings is 3. The van der Waals surface area contributed by atoms with Gasteiger partial charge in [0.25, 0.3) is 10.0 Å². The minimum absolute atomic E-state index is 0.154. The Labute approximate surface area is 184 Å². The highest BCUT2D eigenvalue weighted by atomic mass is 32.2. The largest absolute Gasteiger partial charge is 0.348 e. The summed E-state index contributed by atoms with van der Waals surface area (Å²) in [5.74, 6) is -0.369. The molecule has 0 heterocycles. The van der Waals surface area contributed by atoms with Crippen molar-refractivity contribution in [3.8, 4) is 0 Å². The summed E-state index contributed by atoms with van der Waals surface area (Å²) in [6, 6.07) is 23.3. The maximum Gasteiger partial charge on any atom is 0.264 e. The summed E-state index contributed by atoms with van der Waals surface area (Å²) in [5, 5.41) is 2.91.